The Balaban J connectivity index is 1.85. The summed E-state index contributed by atoms with van der Waals surface area (Å²) in [5.41, 5.74) is 1.36. The topological polar surface area (TPSA) is 0 Å². The van der Waals surface area contributed by atoms with Crippen LogP contribution in [0.3, 0.4) is 0 Å². The molecule has 0 N–H and O–H groups in total. The van der Waals surface area contributed by atoms with E-state index in [4.69, 9.17) is 11.6 Å². The van der Waals surface area contributed by atoms with Gasteiger partial charge < -0.3 is 0 Å². The normalized spacial score (nSPS) is 10.6. The second-order valence-electron chi connectivity index (χ2n) is 4.02. The Kier molecular flexibility index (Phi) is 4.35. The zero-order valence-electron chi connectivity index (χ0n) is 10.0. The van der Waals surface area contributed by atoms with E-state index < -0.39 is 0 Å². The van der Waals surface area contributed by atoms with E-state index in [-0.39, 0.29) is 20.4 Å². The fourth-order valence-corrected chi connectivity index (χ4v) is 6.57. The van der Waals surface area contributed by atoms with E-state index in [0.29, 0.717) is 0 Å². The molecule has 0 radical (unpaired) electrons. The van der Waals surface area contributed by atoms with Gasteiger partial charge in [0, 0.05) is 0 Å². The Morgan fingerprint density at radius 2 is 1.53 bits per heavy atom. The van der Waals surface area contributed by atoms with Crippen molar-refractivity contribution in [1.29, 1.82) is 0 Å². The summed E-state index contributed by atoms with van der Waals surface area (Å²) in [6, 6.07) is 23.2. The van der Waals surface area contributed by atoms with E-state index in [0.717, 1.165) is 9.92 Å². The maximum atomic E-state index is 6.21. The Morgan fingerprint density at radius 3 is 2.32 bits per heavy atom. The number of halogens is 1. The van der Waals surface area contributed by atoms with Crippen LogP contribution in [0.25, 0.3) is 9.14 Å². The Hall–Kier alpha value is -0.650. The molecule has 94 valence electrons. The van der Waals surface area contributed by atoms with Gasteiger partial charge in [0.25, 0.3) is 0 Å². The standard InChI is InChI=1S/C16H11ClSTe/c17-13-8-4-5-9-14(13)18-16-11-10-15(19-16)12-6-2-1-3-7-12/h1-11H. The molecular formula is C16H11ClSTe. The SMILES string of the molecule is Clc1ccccc1Sc1ccc(-c2ccccc2)[te]1. The van der Waals surface area contributed by atoms with Gasteiger partial charge in [-0.3, -0.25) is 0 Å². The molecule has 0 bridgehead atoms. The van der Waals surface area contributed by atoms with Gasteiger partial charge in [-0.15, -0.1) is 0 Å². The average Bonchev–Trinajstić information content (AvgIpc) is 2.91. The van der Waals surface area contributed by atoms with Gasteiger partial charge in [-0.05, 0) is 0 Å². The number of hydrogen-bond donors (Lipinski definition) is 0. The van der Waals surface area contributed by atoms with Crippen LogP contribution < -0.4 is 0 Å². The van der Waals surface area contributed by atoms with Crippen molar-refractivity contribution in [2.75, 3.05) is 0 Å². The maximum absolute atomic E-state index is 6.21. The summed E-state index contributed by atoms with van der Waals surface area (Å²) in [6.07, 6.45) is 0. The molecule has 0 nitrogen and oxygen atoms in total. The van der Waals surface area contributed by atoms with Crippen molar-refractivity contribution in [2.24, 2.45) is 0 Å². The van der Waals surface area contributed by atoms with Crippen LogP contribution in [-0.2, 0) is 0 Å². The van der Waals surface area contributed by atoms with Gasteiger partial charge in [0.2, 0.25) is 0 Å². The summed E-state index contributed by atoms with van der Waals surface area (Å²) < 4.78 is 2.97. The van der Waals surface area contributed by atoms with Crippen LogP contribution in [-0.4, -0.2) is 20.4 Å². The molecule has 3 rings (SSSR count). The molecule has 0 aliphatic carbocycles. The first-order valence-electron chi connectivity index (χ1n) is 5.90. The molecule has 0 saturated heterocycles. The monoisotopic (exact) mass is 400 g/mol. The van der Waals surface area contributed by atoms with Gasteiger partial charge in [0.05, 0.1) is 0 Å². The minimum atomic E-state index is -0.274. The summed E-state index contributed by atoms with van der Waals surface area (Å²) >= 11 is 7.74. The predicted octanol–water partition coefficient (Wildman–Crippen LogP) is 5.22. The third kappa shape index (κ3) is 3.27. The van der Waals surface area contributed by atoms with Crippen molar-refractivity contribution in [3.8, 4) is 9.14 Å². The molecule has 1 aromatic heterocycles. The Morgan fingerprint density at radius 1 is 0.789 bits per heavy atom. The fourth-order valence-electron chi connectivity index (χ4n) is 1.77. The second kappa shape index (κ2) is 6.20. The van der Waals surface area contributed by atoms with Crippen molar-refractivity contribution in [3.63, 3.8) is 0 Å². The van der Waals surface area contributed by atoms with Crippen LogP contribution in [0, 0.1) is 0 Å². The molecule has 0 spiro atoms. The minimum absolute atomic E-state index is 0.274. The zero-order valence-corrected chi connectivity index (χ0v) is 13.9. The van der Waals surface area contributed by atoms with Gasteiger partial charge in [0.15, 0.2) is 0 Å². The summed E-state index contributed by atoms with van der Waals surface area (Å²) in [5.74, 6) is 0. The fraction of sp³-hybridized carbons (Fsp3) is 0. The van der Waals surface area contributed by atoms with E-state index in [1.807, 2.05) is 30.0 Å². The van der Waals surface area contributed by atoms with Gasteiger partial charge in [0.1, 0.15) is 0 Å². The molecule has 19 heavy (non-hydrogen) atoms. The second-order valence-corrected chi connectivity index (χ2v) is 9.41. The summed E-state index contributed by atoms with van der Waals surface area (Å²) in [4.78, 5) is 1.16. The third-order valence-corrected chi connectivity index (χ3v) is 7.97. The Labute approximate surface area is 132 Å². The number of rotatable bonds is 3. The van der Waals surface area contributed by atoms with Gasteiger partial charge in [-0.1, -0.05) is 0 Å². The van der Waals surface area contributed by atoms with Crippen molar-refractivity contribution < 1.29 is 0 Å². The van der Waals surface area contributed by atoms with Crippen LogP contribution in [0.2, 0.25) is 5.02 Å². The molecule has 2 aromatic carbocycles. The van der Waals surface area contributed by atoms with Gasteiger partial charge >= 0.3 is 132 Å². The molecule has 0 atom stereocenters. The molecule has 0 aliphatic heterocycles. The predicted molar refractivity (Wildman–Crippen MR) is 84.4 cm³/mol. The van der Waals surface area contributed by atoms with Crippen molar-refractivity contribution >= 4 is 43.8 Å². The first kappa shape index (κ1) is 13.3. The molecule has 0 saturated carbocycles. The van der Waals surface area contributed by atoms with E-state index in [9.17, 15) is 0 Å². The van der Waals surface area contributed by atoms with Crippen LogP contribution in [0.5, 0.6) is 0 Å². The van der Waals surface area contributed by atoms with Gasteiger partial charge in [-0.2, -0.15) is 0 Å². The quantitative estimate of drug-likeness (QED) is 0.546. The van der Waals surface area contributed by atoms with Crippen LogP contribution in [0.15, 0.2) is 74.5 Å². The first-order chi connectivity index (χ1) is 9.33. The van der Waals surface area contributed by atoms with E-state index in [2.05, 4.69) is 48.5 Å². The van der Waals surface area contributed by atoms with Crippen molar-refractivity contribution in [1.82, 2.24) is 0 Å². The molecule has 3 aromatic rings. The van der Waals surface area contributed by atoms with Crippen LogP contribution in [0.1, 0.15) is 0 Å². The summed E-state index contributed by atoms with van der Waals surface area (Å²) in [5, 5.41) is 0.842. The molecular weight excluding hydrogens is 387 g/mol. The average molecular weight is 398 g/mol. The number of hydrogen-bond acceptors (Lipinski definition) is 1. The number of benzene rings is 2. The molecule has 0 fully saturated rings. The van der Waals surface area contributed by atoms with Gasteiger partial charge in [-0.25, -0.2) is 0 Å². The Bertz CT molecular complexity index is 676. The van der Waals surface area contributed by atoms with E-state index in [1.165, 1.54) is 12.1 Å². The molecule has 1 heterocycles. The van der Waals surface area contributed by atoms with Crippen molar-refractivity contribution in [3.05, 3.63) is 71.8 Å². The summed E-state index contributed by atoms with van der Waals surface area (Å²) in [6.45, 7) is 0. The first-order valence-corrected chi connectivity index (χ1v) is 9.43. The third-order valence-electron chi connectivity index (χ3n) is 2.69. The molecule has 0 aliphatic rings. The molecule has 0 amide bonds. The van der Waals surface area contributed by atoms with Crippen LogP contribution >= 0.6 is 23.4 Å². The van der Waals surface area contributed by atoms with E-state index in [1.54, 1.807) is 0 Å². The van der Waals surface area contributed by atoms with Crippen LogP contribution in [0.4, 0.5) is 0 Å². The van der Waals surface area contributed by atoms with E-state index >= 15 is 0 Å². The summed E-state index contributed by atoms with van der Waals surface area (Å²) in [7, 11) is 0. The molecule has 0 unspecified atom stereocenters. The zero-order chi connectivity index (χ0) is 13.1. The molecule has 3 heteroatoms. The van der Waals surface area contributed by atoms with Crippen molar-refractivity contribution in [2.45, 2.75) is 7.81 Å².